The first-order valence-electron chi connectivity index (χ1n) is 10.1. The van der Waals surface area contributed by atoms with Gasteiger partial charge in [-0.2, -0.15) is 0 Å². The van der Waals surface area contributed by atoms with Gasteiger partial charge in [-0.15, -0.1) is 0 Å². The lowest BCUT2D eigenvalue weighted by Gasteiger charge is -2.37. The molecule has 8 nitrogen and oxygen atoms in total. The minimum atomic E-state index is -0.884. The first-order valence-corrected chi connectivity index (χ1v) is 10.1. The van der Waals surface area contributed by atoms with Crippen LogP contribution in [-0.4, -0.2) is 66.6 Å². The van der Waals surface area contributed by atoms with Crippen LogP contribution in [-0.2, 0) is 14.4 Å². The Bertz CT molecular complexity index is 760. The molecule has 0 spiro atoms. The van der Waals surface area contributed by atoms with Crippen LogP contribution in [0.15, 0.2) is 24.3 Å². The third kappa shape index (κ3) is 5.40. The minimum Gasteiger partial charge on any atom is -0.497 e. The van der Waals surface area contributed by atoms with Gasteiger partial charge in [0.25, 0.3) is 0 Å². The first-order chi connectivity index (χ1) is 13.9. The summed E-state index contributed by atoms with van der Waals surface area (Å²) >= 11 is 0. The number of carbonyl (C=O) groups is 3. The highest BCUT2D eigenvalue weighted by Crippen LogP contribution is 2.31. The summed E-state index contributed by atoms with van der Waals surface area (Å²) in [7, 11) is 1.64. The Morgan fingerprint density at radius 1 is 1.17 bits per heavy atom. The smallest absolute Gasteiger partial charge is 0.303 e. The zero-order valence-corrected chi connectivity index (χ0v) is 16.9. The topological polar surface area (TPSA) is 99.2 Å². The van der Waals surface area contributed by atoms with Crippen molar-refractivity contribution < 1.29 is 24.2 Å². The van der Waals surface area contributed by atoms with Crippen LogP contribution in [0.1, 0.15) is 38.5 Å². The molecule has 2 fully saturated rings. The summed E-state index contributed by atoms with van der Waals surface area (Å²) in [6, 6.07) is 7.89. The zero-order chi connectivity index (χ0) is 20.9. The third-order valence-electron chi connectivity index (χ3n) is 5.92. The van der Waals surface area contributed by atoms with Gasteiger partial charge < -0.3 is 25.0 Å². The lowest BCUT2D eigenvalue weighted by atomic mass is 9.86. The van der Waals surface area contributed by atoms with Crippen molar-refractivity contribution in [3.05, 3.63) is 24.3 Å². The number of carboxylic acids is 1. The quantitative estimate of drug-likeness (QED) is 0.685. The van der Waals surface area contributed by atoms with Gasteiger partial charge in [0.1, 0.15) is 5.75 Å². The van der Waals surface area contributed by atoms with E-state index in [0.29, 0.717) is 45.2 Å². The van der Waals surface area contributed by atoms with Crippen molar-refractivity contribution in [3.8, 4) is 5.75 Å². The number of hydrogen-bond donors (Lipinski definition) is 2. The van der Waals surface area contributed by atoms with Gasteiger partial charge in [-0.1, -0.05) is 6.07 Å². The standard InChI is InChI=1S/C21H29N3O5/c1-29-17-4-2-3-16(15-17)23-11-13-24(14-12-23)19(26)6-9-21(10-7-20(27)28)8-5-18(25)22-21/h2-4,15H,5-14H2,1H3,(H,22,25)(H,27,28)/t21-/m0/s1. The number of rotatable bonds is 8. The van der Waals surface area contributed by atoms with Crippen LogP contribution in [0.3, 0.4) is 0 Å². The summed E-state index contributed by atoms with van der Waals surface area (Å²) in [5.41, 5.74) is 0.519. The molecule has 158 valence electrons. The number of benzene rings is 1. The second kappa shape index (κ2) is 9.15. The summed E-state index contributed by atoms with van der Waals surface area (Å²) < 4.78 is 5.28. The van der Waals surface area contributed by atoms with Crippen LogP contribution < -0.4 is 15.0 Å². The van der Waals surface area contributed by atoms with E-state index in [0.717, 1.165) is 24.5 Å². The molecule has 3 rings (SSSR count). The summed E-state index contributed by atoms with van der Waals surface area (Å²) in [5, 5.41) is 11.9. The lowest BCUT2D eigenvalue weighted by Crippen LogP contribution is -2.49. The van der Waals surface area contributed by atoms with Gasteiger partial charge in [0.05, 0.1) is 7.11 Å². The van der Waals surface area contributed by atoms with Crippen molar-refractivity contribution >= 4 is 23.5 Å². The number of nitrogens with one attached hydrogen (secondary N) is 1. The Morgan fingerprint density at radius 2 is 1.90 bits per heavy atom. The molecule has 2 heterocycles. The molecule has 29 heavy (non-hydrogen) atoms. The Balaban J connectivity index is 1.51. The molecule has 0 unspecified atom stereocenters. The van der Waals surface area contributed by atoms with E-state index in [1.807, 2.05) is 29.2 Å². The predicted molar refractivity (Wildman–Crippen MR) is 108 cm³/mol. The molecule has 0 radical (unpaired) electrons. The van der Waals surface area contributed by atoms with Crippen LogP contribution in [0.2, 0.25) is 0 Å². The maximum Gasteiger partial charge on any atom is 0.303 e. The Hall–Kier alpha value is -2.77. The molecule has 8 heteroatoms. The van der Waals surface area contributed by atoms with Crippen LogP contribution >= 0.6 is 0 Å². The number of methoxy groups -OCH3 is 1. The van der Waals surface area contributed by atoms with Gasteiger partial charge in [-0.25, -0.2) is 0 Å². The Kier molecular flexibility index (Phi) is 6.61. The van der Waals surface area contributed by atoms with E-state index >= 15 is 0 Å². The van der Waals surface area contributed by atoms with Crippen molar-refractivity contribution in [1.29, 1.82) is 0 Å². The highest BCUT2D eigenvalue weighted by atomic mass is 16.5. The average molecular weight is 403 g/mol. The fourth-order valence-electron chi connectivity index (χ4n) is 4.15. The summed E-state index contributed by atoms with van der Waals surface area (Å²) in [4.78, 5) is 39.5. The lowest BCUT2D eigenvalue weighted by molar-refractivity contribution is -0.137. The highest BCUT2D eigenvalue weighted by molar-refractivity contribution is 5.80. The van der Waals surface area contributed by atoms with Crippen molar-refractivity contribution in [2.75, 3.05) is 38.2 Å². The Morgan fingerprint density at radius 3 is 2.52 bits per heavy atom. The first kappa shape index (κ1) is 21.0. The second-order valence-corrected chi connectivity index (χ2v) is 7.79. The molecule has 0 aliphatic carbocycles. The average Bonchev–Trinajstić information content (AvgIpc) is 3.12. The molecular weight excluding hydrogens is 374 g/mol. The second-order valence-electron chi connectivity index (χ2n) is 7.79. The van der Waals surface area contributed by atoms with Crippen molar-refractivity contribution in [1.82, 2.24) is 10.2 Å². The molecule has 0 bridgehead atoms. The van der Waals surface area contributed by atoms with Crippen LogP contribution in [0.5, 0.6) is 5.75 Å². The fraction of sp³-hybridized carbons (Fsp3) is 0.571. The molecule has 1 aromatic rings. The zero-order valence-electron chi connectivity index (χ0n) is 16.9. The van der Waals surface area contributed by atoms with E-state index < -0.39 is 11.5 Å². The number of ether oxygens (including phenoxy) is 1. The number of anilines is 1. The number of nitrogens with zero attached hydrogens (tertiary/aromatic N) is 2. The number of hydrogen-bond acceptors (Lipinski definition) is 5. The van der Waals surface area contributed by atoms with Crippen LogP contribution in [0.25, 0.3) is 0 Å². The van der Waals surface area contributed by atoms with Crippen LogP contribution in [0, 0.1) is 0 Å². The minimum absolute atomic E-state index is 0.00627. The predicted octanol–water partition coefficient (Wildman–Crippen LogP) is 1.64. The molecule has 1 aromatic carbocycles. The van der Waals surface area contributed by atoms with E-state index in [4.69, 9.17) is 9.84 Å². The summed E-state index contributed by atoms with van der Waals surface area (Å²) in [5.74, 6) is -0.0716. The number of piperazine rings is 1. The van der Waals surface area contributed by atoms with E-state index in [1.54, 1.807) is 7.11 Å². The van der Waals surface area contributed by atoms with E-state index in [1.165, 1.54) is 0 Å². The molecule has 2 aliphatic heterocycles. The number of carbonyl (C=O) groups excluding carboxylic acids is 2. The van der Waals surface area contributed by atoms with Gasteiger partial charge in [0.2, 0.25) is 11.8 Å². The van der Waals surface area contributed by atoms with E-state index in [2.05, 4.69) is 10.2 Å². The van der Waals surface area contributed by atoms with E-state index in [-0.39, 0.29) is 18.2 Å². The van der Waals surface area contributed by atoms with Gasteiger partial charge in [-0.05, 0) is 31.4 Å². The largest absolute Gasteiger partial charge is 0.497 e. The molecule has 1 atom stereocenters. The maximum atomic E-state index is 12.7. The monoisotopic (exact) mass is 403 g/mol. The van der Waals surface area contributed by atoms with Crippen LogP contribution in [0.4, 0.5) is 5.69 Å². The molecule has 2 N–H and O–H groups in total. The van der Waals surface area contributed by atoms with Crippen molar-refractivity contribution in [3.63, 3.8) is 0 Å². The third-order valence-corrected chi connectivity index (χ3v) is 5.92. The highest BCUT2D eigenvalue weighted by Gasteiger charge is 2.38. The van der Waals surface area contributed by atoms with Gasteiger partial charge in [0, 0.05) is 62.7 Å². The van der Waals surface area contributed by atoms with Gasteiger partial charge in [-0.3, -0.25) is 14.4 Å². The summed E-state index contributed by atoms with van der Waals surface area (Å²) in [6.45, 7) is 2.79. The molecule has 2 amide bonds. The van der Waals surface area contributed by atoms with Gasteiger partial charge >= 0.3 is 5.97 Å². The molecule has 2 saturated heterocycles. The van der Waals surface area contributed by atoms with E-state index in [9.17, 15) is 14.4 Å². The fourth-order valence-corrected chi connectivity index (χ4v) is 4.15. The Labute approximate surface area is 170 Å². The molecule has 0 saturated carbocycles. The summed E-state index contributed by atoms with van der Waals surface area (Å²) in [6.07, 6.45) is 2.15. The molecule has 0 aromatic heterocycles. The molecule has 2 aliphatic rings. The van der Waals surface area contributed by atoms with Crippen molar-refractivity contribution in [2.45, 2.75) is 44.1 Å². The number of aliphatic carboxylic acids is 1. The normalized spacial score (nSPS) is 21.8. The maximum absolute atomic E-state index is 12.7. The van der Waals surface area contributed by atoms with Crippen molar-refractivity contribution in [2.24, 2.45) is 0 Å². The SMILES string of the molecule is COc1cccc(N2CCN(C(=O)CC[C@]3(CCC(=O)O)CCC(=O)N3)CC2)c1. The number of carboxylic acid groups (broad SMARTS) is 1. The molecular formula is C21H29N3O5. The van der Waals surface area contributed by atoms with Gasteiger partial charge in [0.15, 0.2) is 0 Å². The number of amides is 2.